The SMILES string of the molecule is CC(C)CN1CCC(c2nnc3cc4c(nn23)CCC4)CC1. The Kier molecular flexibility index (Phi) is 3.60. The molecule has 0 spiro atoms. The summed E-state index contributed by atoms with van der Waals surface area (Å²) in [6.45, 7) is 8.13. The standard InChI is InChI=1S/C17H25N5/c1-12(2)11-21-8-6-13(7-9-21)17-19-18-16-10-14-4-3-5-15(14)20-22(16)17/h10,12-13H,3-9,11H2,1-2H3. The van der Waals surface area contributed by atoms with E-state index >= 15 is 0 Å². The van der Waals surface area contributed by atoms with Gasteiger partial charge in [-0.2, -0.15) is 9.61 Å². The Morgan fingerprint density at radius 3 is 2.77 bits per heavy atom. The molecule has 22 heavy (non-hydrogen) atoms. The summed E-state index contributed by atoms with van der Waals surface area (Å²) in [6.07, 6.45) is 5.83. The lowest BCUT2D eigenvalue weighted by Gasteiger charge is -2.32. The van der Waals surface area contributed by atoms with Crippen LogP contribution < -0.4 is 0 Å². The van der Waals surface area contributed by atoms with Gasteiger partial charge in [-0.25, -0.2) is 0 Å². The quantitative estimate of drug-likeness (QED) is 0.873. The lowest BCUT2D eigenvalue weighted by molar-refractivity contribution is 0.189. The molecule has 2 aliphatic rings. The minimum atomic E-state index is 0.505. The fourth-order valence-electron chi connectivity index (χ4n) is 3.94. The summed E-state index contributed by atoms with van der Waals surface area (Å²) >= 11 is 0. The largest absolute Gasteiger partial charge is 0.303 e. The third-order valence-corrected chi connectivity index (χ3v) is 5.02. The Balaban J connectivity index is 1.55. The Morgan fingerprint density at radius 2 is 2.00 bits per heavy atom. The second-order valence-corrected chi connectivity index (χ2v) is 7.27. The molecule has 5 heteroatoms. The second kappa shape index (κ2) is 5.61. The summed E-state index contributed by atoms with van der Waals surface area (Å²) in [7, 11) is 0. The van der Waals surface area contributed by atoms with Crippen LogP contribution in [0.15, 0.2) is 6.07 Å². The topological polar surface area (TPSA) is 46.3 Å². The fourth-order valence-corrected chi connectivity index (χ4v) is 3.94. The molecule has 0 radical (unpaired) electrons. The van der Waals surface area contributed by atoms with Crippen LogP contribution in [-0.2, 0) is 12.8 Å². The van der Waals surface area contributed by atoms with Gasteiger partial charge in [0, 0.05) is 12.5 Å². The Bertz CT molecular complexity index is 667. The molecule has 0 aromatic carbocycles. The lowest BCUT2D eigenvalue weighted by Crippen LogP contribution is -2.36. The molecular weight excluding hydrogens is 274 g/mol. The van der Waals surface area contributed by atoms with Crippen LogP contribution in [0.5, 0.6) is 0 Å². The van der Waals surface area contributed by atoms with Crippen molar-refractivity contribution in [1.82, 2.24) is 24.7 Å². The van der Waals surface area contributed by atoms with Crippen LogP contribution in [0.4, 0.5) is 0 Å². The van der Waals surface area contributed by atoms with Gasteiger partial charge in [-0.05, 0) is 62.7 Å². The van der Waals surface area contributed by atoms with E-state index in [1.165, 1.54) is 50.2 Å². The van der Waals surface area contributed by atoms with Gasteiger partial charge < -0.3 is 4.90 Å². The third kappa shape index (κ3) is 2.51. The van der Waals surface area contributed by atoms with Gasteiger partial charge in [0.15, 0.2) is 11.5 Å². The monoisotopic (exact) mass is 299 g/mol. The predicted molar refractivity (Wildman–Crippen MR) is 86.1 cm³/mol. The molecule has 4 rings (SSSR count). The smallest absolute Gasteiger partial charge is 0.178 e. The van der Waals surface area contributed by atoms with Gasteiger partial charge in [0.25, 0.3) is 0 Å². The first kappa shape index (κ1) is 14.1. The summed E-state index contributed by atoms with van der Waals surface area (Å²) < 4.78 is 2.02. The van der Waals surface area contributed by atoms with Crippen molar-refractivity contribution in [1.29, 1.82) is 0 Å². The molecule has 0 saturated carbocycles. The van der Waals surface area contributed by atoms with E-state index < -0.39 is 0 Å². The maximum absolute atomic E-state index is 4.84. The second-order valence-electron chi connectivity index (χ2n) is 7.27. The summed E-state index contributed by atoms with van der Waals surface area (Å²) in [5.41, 5.74) is 3.56. The van der Waals surface area contributed by atoms with Gasteiger partial charge in [-0.3, -0.25) is 0 Å². The summed E-state index contributed by atoms with van der Waals surface area (Å²) in [5.74, 6) is 2.33. The number of hydrogen-bond acceptors (Lipinski definition) is 4. The van der Waals surface area contributed by atoms with Crippen molar-refractivity contribution >= 4 is 5.65 Å². The Labute approximate surface area is 131 Å². The average Bonchev–Trinajstić information content (AvgIpc) is 3.11. The van der Waals surface area contributed by atoms with Crippen molar-refractivity contribution in [3.8, 4) is 0 Å². The van der Waals surface area contributed by atoms with Crippen LogP contribution >= 0.6 is 0 Å². The molecule has 1 fully saturated rings. The maximum atomic E-state index is 4.84. The van der Waals surface area contributed by atoms with Gasteiger partial charge in [0.1, 0.15) is 0 Å². The molecule has 0 amide bonds. The highest BCUT2D eigenvalue weighted by molar-refractivity contribution is 5.43. The summed E-state index contributed by atoms with van der Waals surface area (Å²) in [5, 5.41) is 13.7. The van der Waals surface area contributed by atoms with E-state index in [1.807, 2.05) is 4.52 Å². The number of nitrogens with zero attached hydrogens (tertiary/aromatic N) is 5. The highest BCUT2D eigenvalue weighted by Gasteiger charge is 2.26. The maximum Gasteiger partial charge on any atom is 0.178 e. The first-order valence-corrected chi connectivity index (χ1v) is 8.67. The highest BCUT2D eigenvalue weighted by atomic mass is 15.4. The minimum Gasteiger partial charge on any atom is -0.303 e. The number of hydrogen-bond donors (Lipinski definition) is 0. The average molecular weight is 299 g/mol. The van der Waals surface area contributed by atoms with Crippen molar-refractivity contribution in [2.24, 2.45) is 5.92 Å². The number of fused-ring (bicyclic) bond motifs is 2. The predicted octanol–water partition coefficient (Wildman–Crippen LogP) is 2.45. The Hall–Kier alpha value is -1.49. The van der Waals surface area contributed by atoms with Crippen molar-refractivity contribution in [3.63, 3.8) is 0 Å². The van der Waals surface area contributed by atoms with Crippen LogP contribution in [0.1, 0.15) is 56.1 Å². The van der Waals surface area contributed by atoms with Crippen LogP contribution in [0, 0.1) is 5.92 Å². The number of likely N-dealkylation sites (tertiary alicyclic amines) is 1. The van der Waals surface area contributed by atoms with Gasteiger partial charge in [0.05, 0.1) is 5.69 Å². The zero-order valence-electron chi connectivity index (χ0n) is 13.6. The van der Waals surface area contributed by atoms with Crippen molar-refractivity contribution < 1.29 is 0 Å². The van der Waals surface area contributed by atoms with Gasteiger partial charge >= 0.3 is 0 Å². The fraction of sp³-hybridized carbons (Fsp3) is 0.706. The van der Waals surface area contributed by atoms with Gasteiger partial charge in [-0.15, -0.1) is 10.2 Å². The third-order valence-electron chi connectivity index (χ3n) is 5.02. The van der Waals surface area contributed by atoms with E-state index in [4.69, 9.17) is 5.10 Å². The van der Waals surface area contributed by atoms with Crippen LogP contribution in [-0.4, -0.2) is 44.3 Å². The van der Waals surface area contributed by atoms with Crippen LogP contribution in [0.2, 0.25) is 0 Å². The first-order chi connectivity index (χ1) is 10.7. The summed E-state index contributed by atoms with van der Waals surface area (Å²) in [6, 6.07) is 2.19. The molecule has 2 aromatic rings. The van der Waals surface area contributed by atoms with Crippen LogP contribution in [0.3, 0.4) is 0 Å². The van der Waals surface area contributed by atoms with Crippen molar-refractivity contribution in [3.05, 3.63) is 23.1 Å². The first-order valence-electron chi connectivity index (χ1n) is 8.67. The minimum absolute atomic E-state index is 0.505. The van der Waals surface area contributed by atoms with E-state index in [0.29, 0.717) is 5.92 Å². The molecule has 118 valence electrons. The summed E-state index contributed by atoms with van der Waals surface area (Å²) in [4.78, 5) is 2.58. The van der Waals surface area contributed by atoms with Gasteiger partial charge in [0.2, 0.25) is 0 Å². The zero-order valence-corrected chi connectivity index (χ0v) is 13.6. The molecule has 0 N–H and O–H groups in total. The molecule has 0 unspecified atom stereocenters. The molecule has 1 aliphatic heterocycles. The molecule has 2 aromatic heterocycles. The molecule has 0 bridgehead atoms. The molecule has 3 heterocycles. The van der Waals surface area contributed by atoms with Crippen molar-refractivity contribution in [2.75, 3.05) is 19.6 Å². The highest BCUT2D eigenvalue weighted by Crippen LogP contribution is 2.28. The number of piperidine rings is 1. The van der Waals surface area contributed by atoms with Crippen LogP contribution in [0.25, 0.3) is 5.65 Å². The number of aromatic nitrogens is 4. The number of aryl methyl sites for hydroxylation is 2. The zero-order chi connectivity index (χ0) is 15.1. The van der Waals surface area contributed by atoms with Crippen molar-refractivity contribution in [2.45, 2.75) is 51.9 Å². The number of rotatable bonds is 3. The normalized spacial score (nSPS) is 20.1. The van der Waals surface area contributed by atoms with Gasteiger partial charge in [-0.1, -0.05) is 13.8 Å². The lowest BCUT2D eigenvalue weighted by atomic mass is 9.95. The Morgan fingerprint density at radius 1 is 1.18 bits per heavy atom. The van der Waals surface area contributed by atoms with E-state index in [1.54, 1.807) is 0 Å². The molecule has 0 atom stereocenters. The molecule has 1 saturated heterocycles. The molecular formula is C17H25N5. The van der Waals surface area contributed by atoms with E-state index in [0.717, 1.165) is 30.2 Å². The molecule has 1 aliphatic carbocycles. The molecule has 5 nitrogen and oxygen atoms in total. The van der Waals surface area contributed by atoms with E-state index in [9.17, 15) is 0 Å². The van der Waals surface area contributed by atoms with E-state index in [2.05, 4.69) is 35.0 Å². The van der Waals surface area contributed by atoms with E-state index in [-0.39, 0.29) is 0 Å².